The summed E-state index contributed by atoms with van der Waals surface area (Å²) in [6.07, 6.45) is 6.44. The van der Waals surface area contributed by atoms with Gasteiger partial charge in [-0.25, -0.2) is 14.8 Å². The van der Waals surface area contributed by atoms with Gasteiger partial charge < -0.3 is 20.1 Å². The predicted octanol–water partition coefficient (Wildman–Crippen LogP) is 1.51. The number of aromatic carboxylic acids is 1. The first-order valence-electron chi connectivity index (χ1n) is 11.2. The van der Waals surface area contributed by atoms with E-state index in [9.17, 15) is 19.5 Å². The van der Waals surface area contributed by atoms with E-state index in [-0.39, 0.29) is 34.6 Å². The van der Waals surface area contributed by atoms with Crippen LogP contribution in [0.25, 0.3) is 16.2 Å². The summed E-state index contributed by atoms with van der Waals surface area (Å²) in [5.41, 5.74) is -0.117. The van der Waals surface area contributed by atoms with E-state index in [1.807, 2.05) is 4.90 Å². The highest BCUT2D eigenvalue weighted by molar-refractivity contribution is 7.08. The summed E-state index contributed by atoms with van der Waals surface area (Å²) >= 11 is 1.06. The molecule has 2 fully saturated rings. The van der Waals surface area contributed by atoms with Crippen LogP contribution in [0.15, 0.2) is 23.4 Å². The molecule has 34 heavy (non-hydrogen) atoms. The molecule has 3 aromatic heterocycles. The first kappa shape index (κ1) is 22.4. The van der Waals surface area contributed by atoms with Gasteiger partial charge in [0, 0.05) is 37.4 Å². The average Bonchev–Trinajstić information content (AvgIpc) is 3.32. The van der Waals surface area contributed by atoms with E-state index in [2.05, 4.69) is 19.7 Å². The number of rotatable bonds is 6. The van der Waals surface area contributed by atoms with E-state index in [0.29, 0.717) is 36.0 Å². The minimum Gasteiger partial charge on any atom is -0.477 e. The predicted molar refractivity (Wildman–Crippen MR) is 125 cm³/mol. The van der Waals surface area contributed by atoms with Crippen LogP contribution in [0.1, 0.15) is 41.6 Å². The van der Waals surface area contributed by atoms with Gasteiger partial charge in [-0.2, -0.15) is 4.37 Å². The Morgan fingerprint density at radius 1 is 1.32 bits per heavy atom. The monoisotopic (exact) mass is 484 g/mol. The number of hydrogen-bond acceptors (Lipinski definition) is 9. The number of hydrogen-bond donors (Lipinski definition) is 2. The molecule has 0 bridgehead atoms. The zero-order valence-corrected chi connectivity index (χ0v) is 19.4. The largest absolute Gasteiger partial charge is 0.477 e. The summed E-state index contributed by atoms with van der Waals surface area (Å²) in [6, 6.07) is 1.36. The van der Waals surface area contributed by atoms with E-state index < -0.39 is 11.4 Å². The highest BCUT2D eigenvalue weighted by atomic mass is 32.1. The molecule has 3 aromatic rings. The van der Waals surface area contributed by atoms with Crippen LogP contribution in [0.4, 0.5) is 5.82 Å². The normalized spacial score (nSPS) is 20.2. The van der Waals surface area contributed by atoms with Crippen molar-refractivity contribution in [1.82, 2.24) is 24.2 Å². The maximum absolute atomic E-state index is 12.9. The zero-order valence-electron chi connectivity index (χ0n) is 18.6. The molecule has 2 aliphatic rings. The number of fused-ring (bicyclic) bond motifs is 1. The Bertz CT molecular complexity index is 1300. The summed E-state index contributed by atoms with van der Waals surface area (Å²) in [7, 11) is 0. The maximum atomic E-state index is 12.9. The molecule has 178 valence electrons. The van der Waals surface area contributed by atoms with Crippen molar-refractivity contribution in [1.29, 1.82) is 0 Å². The van der Waals surface area contributed by atoms with Gasteiger partial charge in [0.25, 0.3) is 0 Å². The third-order valence-electron chi connectivity index (χ3n) is 6.32. The molecule has 0 radical (unpaired) electrons. The molecule has 2 aliphatic heterocycles. The van der Waals surface area contributed by atoms with Gasteiger partial charge in [0.15, 0.2) is 5.65 Å². The lowest BCUT2D eigenvalue weighted by Gasteiger charge is -2.41. The number of aryl methyl sites for hydroxylation is 1. The number of amides is 1. The van der Waals surface area contributed by atoms with Crippen molar-refractivity contribution in [3.8, 4) is 5.13 Å². The summed E-state index contributed by atoms with van der Waals surface area (Å²) in [4.78, 5) is 48.2. The second-order valence-electron chi connectivity index (χ2n) is 8.50. The van der Waals surface area contributed by atoms with Crippen LogP contribution in [0.5, 0.6) is 0 Å². The molecule has 2 atom stereocenters. The number of anilines is 1. The SMILES string of the molecule is Cc1cc(N2CCC2C(=O)NCC2CCCCO2)nc2c1c(=O)c(C(=O)O)cn2-c1ncns1. The van der Waals surface area contributed by atoms with Crippen LogP contribution in [0.2, 0.25) is 0 Å². The van der Waals surface area contributed by atoms with Crippen molar-refractivity contribution in [2.75, 3.05) is 24.6 Å². The summed E-state index contributed by atoms with van der Waals surface area (Å²) in [5.74, 6) is -0.858. The number of ether oxygens (including phenoxy) is 1. The Balaban J connectivity index is 1.48. The van der Waals surface area contributed by atoms with E-state index in [0.717, 1.165) is 37.4 Å². The minimum absolute atomic E-state index is 0.0528. The highest BCUT2D eigenvalue weighted by Crippen LogP contribution is 2.29. The second-order valence-corrected chi connectivity index (χ2v) is 9.26. The van der Waals surface area contributed by atoms with Gasteiger partial charge in [-0.3, -0.25) is 14.2 Å². The van der Waals surface area contributed by atoms with Crippen molar-refractivity contribution in [2.45, 2.75) is 44.8 Å². The van der Waals surface area contributed by atoms with Gasteiger partial charge in [-0.1, -0.05) is 0 Å². The molecule has 2 unspecified atom stereocenters. The van der Waals surface area contributed by atoms with Crippen LogP contribution >= 0.6 is 11.5 Å². The first-order valence-corrected chi connectivity index (χ1v) is 11.9. The number of carbonyl (C=O) groups excluding carboxylic acids is 1. The molecule has 0 aliphatic carbocycles. The summed E-state index contributed by atoms with van der Waals surface area (Å²) < 4.78 is 11.2. The number of nitrogens with zero attached hydrogens (tertiary/aromatic N) is 5. The van der Waals surface area contributed by atoms with Crippen LogP contribution in [0.3, 0.4) is 0 Å². The molecule has 11 nitrogen and oxygen atoms in total. The number of nitrogens with one attached hydrogen (secondary N) is 1. The van der Waals surface area contributed by atoms with Crippen LogP contribution in [-0.2, 0) is 9.53 Å². The number of carbonyl (C=O) groups is 2. The number of carboxylic acids is 1. The number of aromatic nitrogens is 4. The first-order chi connectivity index (χ1) is 16.4. The van der Waals surface area contributed by atoms with Gasteiger partial charge >= 0.3 is 5.97 Å². The van der Waals surface area contributed by atoms with Crippen LogP contribution in [0, 0.1) is 6.92 Å². The van der Waals surface area contributed by atoms with Crippen molar-refractivity contribution in [2.24, 2.45) is 0 Å². The fourth-order valence-electron chi connectivity index (χ4n) is 4.43. The molecular formula is C22H24N6O5S. The highest BCUT2D eigenvalue weighted by Gasteiger charge is 2.36. The molecule has 5 rings (SSSR count). The Hall–Kier alpha value is -3.38. The van der Waals surface area contributed by atoms with Crippen molar-refractivity contribution in [3.63, 3.8) is 0 Å². The lowest BCUT2D eigenvalue weighted by atomic mass is 10.0. The van der Waals surface area contributed by atoms with Gasteiger partial charge in [0.1, 0.15) is 23.8 Å². The summed E-state index contributed by atoms with van der Waals surface area (Å²) in [5, 5.41) is 13.1. The van der Waals surface area contributed by atoms with E-state index >= 15 is 0 Å². The van der Waals surface area contributed by atoms with E-state index in [4.69, 9.17) is 4.74 Å². The Labute approximate surface area is 198 Å². The van der Waals surface area contributed by atoms with Crippen LogP contribution < -0.4 is 15.6 Å². The second kappa shape index (κ2) is 9.11. The third kappa shape index (κ3) is 4.03. The Morgan fingerprint density at radius 2 is 2.18 bits per heavy atom. The van der Waals surface area contributed by atoms with Gasteiger partial charge in [0.2, 0.25) is 16.5 Å². The van der Waals surface area contributed by atoms with Gasteiger partial charge in [0.05, 0.1) is 11.5 Å². The maximum Gasteiger partial charge on any atom is 0.341 e. The molecule has 12 heteroatoms. The number of pyridine rings is 2. The molecule has 0 saturated carbocycles. The standard InChI is InChI=1S/C22H24N6O5S/c1-12-8-16(27-6-5-15(27)20(30)23-9-13-4-2-3-7-33-13)26-19-17(12)18(29)14(21(31)32)10-28(19)22-24-11-25-34-22/h8,10-11,13,15H,2-7,9H2,1H3,(H,23,30)(H,31,32). The van der Waals surface area contributed by atoms with Crippen molar-refractivity contribution < 1.29 is 19.4 Å². The van der Waals surface area contributed by atoms with E-state index in [1.165, 1.54) is 17.1 Å². The summed E-state index contributed by atoms with van der Waals surface area (Å²) in [6.45, 7) is 3.60. The Kier molecular flexibility index (Phi) is 6.00. The fraction of sp³-hybridized carbons (Fsp3) is 0.455. The average molecular weight is 485 g/mol. The van der Waals surface area contributed by atoms with Gasteiger partial charge in [-0.15, -0.1) is 0 Å². The van der Waals surface area contributed by atoms with Crippen LogP contribution in [-0.4, -0.2) is 67.7 Å². The van der Waals surface area contributed by atoms with Crippen molar-refractivity contribution >= 4 is 40.3 Å². The molecule has 1 amide bonds. The smallest absolute Gasteiger partial charge is 0.341 e. The Morgan fingerprint density at radius 3 is 2.82 bits per heavy atom. The quantitative estimate of drug-likeness (QED) is 0.533. The molecule has 0 aromatic carbocycles. The molecule has 2 saturated heterocycles. The number of carboxylic acid groups (broad SMARTS) is 1. The lowest BCUT2D eigenvalue weighted by molar-refractivity contribution is -0.124. The zero-order chi connectivity index (χ0) is 23.8. The topological polar surface area (TPSA) is 140 Å². The molecule has 2 N–H and O–H groups in total. The van der Waals surface area contributed by atoms with Gasteiger partial charge in [-0.05, 0) is 44.2 Å². The molecule has 0 spiro atoms. The molecular weight excluding hydrogens is 460 g/mol. The minimum atomic E-state index is -1.32. The molecule has 5 heterocycles. The van der Waals surface area contributed by atoms with Crippen molar-refractivity contribution in [3.05, 3.63) is 39.9 Å². The lowest BCUT2D eigenvalue weighted by Crippen LogP contribution is -2.57. The fourth-order valence-corrected chi connectivity index (χ4v) is 4.94. The van der Waals surface area contributed by atoms with E-state index in [1.54, 1.807) is 13.0 Å². The third-order valence-corrected chi connectivity index (χ3v) is 6.99.